The Morgan fingerprint density at radius 3 is 2.84 bits per heavy atom. The third-order valence-electron chi connectivity index (χ3n) is 4.38. The molecule has 0 saturated heterocycles. The van der Waals surface area contributed by atoms with Gasteiger partial charge in [0.25, 0.3) is 0 Å². The first-order chi connectivity index (χ1) is 12.0. The fraction of sp³-hybridized carbons (Fsp3) is 0.222. The Kier molecular flexibility index (Phi) is 3.56. The molecule has 0 radical (unpaired) electrons. The van der Waals surface area contributed by atoms with Gasteiger partial charge >= 0.3 is 0 Å². The van der Waals surface area contributed by atoms with E-state index in [9.17, 15) is 14.4 Å². The highest BCUT2D eigenvalue weighted by molar-refractivity contribution is 5.95. The summed E-state index contributed by atoms with van der Waals surface area (Å²) in [6.45, 7) is 1.60. The molecular weight excluding hydrogens is 323 g/mol. The van der Waals surface area contributed by atoms with Gasteiger partial charge in [0.05, 0.1) is 17.1 Å². The van der Waals surface area contributed by atoms with Gasteiger partial charge in [-0.2, -0.15) is 4.73 Å². The van der Waals surface area contributed by atoms with Gasteiger partial charge in [0.15, 0.2) is 6.20 Å². The van der Waals surface area contributed by atoms with Gasteiger partial charge in [-0.15, -0.1) is 0 Å². The van der Waals surface area contributed by atoms with Crippen molar-refractivity contribution < 1.29 is 13.9 Å². The van der Waals surface area contributed by atoms with E-state index in [2.05, 4.69) is 15.3 Å². The van der Waals surface area contributed by atoms with E-state index >= 15 is 0 Å². The second-order valence-corrected chi connectivity index (χ2v) is 6.24. The van der Waals surface area contributed by atoms with Gasteiger partial charge < -0.3 is 10.5 Å². The Labute approximate surface area is 142 Å². The Morgan fingerprint density at radius 2 is 2.08 bits per heavy atom. The molecule has 6 nitrogen and oxygen atoms in total. The highest BCUT2D eigenvalue weighted by atomic mass is 19.1. The van der Waals surface area contributed by atoms with E-state index in [0.29, 0.717) is 32.8 Å². The lowest BCUT2D eigenvalue weighted by Crippen LogP contribution is -2.29. The number of carbonyl (C=O) groups excluding carboxylic acids is 1. The molecule has 0 bridgehead atoms. The van der Waals surface area contributed by atoms with Crippen LogP contribution in [0.2, 0.25) is 0 Å². The molecule has 3 heterocycles. The molecule has 1 N–H and O–H groups in total. The molecule has 4 rings (SSSR count). The van der Waals surface area contributed by atoms with E-state index in [1.165, 1.54) is 12.4 Å². The summed E-state index contributed by atoms with van der Waals surface area (Å²) >= 11 is 0. The fourth-order valence-electron chi connectivity index (χ4n) is 2.72. The summed E-state index contributed by atoms with van der Waals surface area (Å²) in [6.07, 6.45) is 7.37. The normalized spacial score (nSPS) is 13.8. The second kappa shape index (κ2) is 5.77. The van der Waals surface area contributed by atoms with Crippen LogP contribution < -0.4 is 10.0 Å². The topological polar surface area (TPSA) is 81.8 Å². The first-order valence-electron chi connectivity index (χ1n) is 7.97. The van der Waals surface area contributed by atoms with Crippen LogP contribution in [0.15, 0.2) is 36.9 Å². The minimum atomic E-state index is -0.464. The van der Waals surface area contributed by atoms with E-state index in [4.69, 9.17) is 0 Å². The lowest BCUT2D eigenvalue weighted by molar-refractivity contribution is -0.592. The summed E-state index contributed by atoms with van der Waals surface area (Å²) < 4.78 is 14.4. The lowest BCUT2D eigenvalue weighted by atomic mass is 10.1. The minimum absolute atomic E-state index is 0.0417. The molecule has 0 aliphatic heterocycles. The van der Waals surface area contributed by atoms with Crippen LogP contribution in [-0.2, 0) is 4.79 Å². The smallest absolute Gasteiger partial charge is 0.228 e. The summed E-state index contributed by atoms with van der Waals surface area (Å²) in [5.41, 5.74) is 1.09. The number of pyridine rings is 3. The largest absolute Gasteiger partial charge is 0.618 e. The number of hydrogen-bond donors (Lipinski definition) is 1. The van der Waals surface area contributed by atoms with Crippen LogP contribution in [0.3, 0.4) is 0 Å². The zero-order valence-electron chi connectivity index (χ0n) is 13.5. The van der Waals surface area contributed by atoms with E-state index in [1.807, 2.05) is 0 Å². The first-order valence-corrected chi connectivity index (χ1v) is 7.97. The maximum absolute atomic E-state index is 13.7. The summed E-state index contributed by atoms with van der Waals surface area (Å²) in [7, 11) is 0. The van der Waals surface area contributed by atoms with Gasteiger partial charge in [0.1, 0.15) is 11.6 Å². The van der Waals surface area contributed by atoms with Crippen molar-refractivity contribution in [3.05, 3.63) is 53.5 Å². The molecule has 0 spiro atoms. The Balaban J connectivity index is 1.74. The highest BCUT2D eigenvalue weighted by Crippen LogP contribution is 2.30. The van der Waals surface area contributed by atoms with Crippen LogP contribution in [0.5, 0.6) is 0 Å². The van der Waals surface area contributed by atoms with Crippen LogP contribution in [0.25, 0.3) is 22.0 Å². The van der Waals surface area contributed by atoms with Crippen molar-refractivity contribution in [1.82, 2.24) is 9.97 Å². The van der Waals surface area contributed by atoms with Crippen LogP contribution in [0.4, 0.5) is 10.2 Å². The number of amides is 1. The maximum atomic E-state index is 13.7. The van der Waals surface area contributed by atoms with Crippen molar-refractivity contribution in [3.63, 3.8) is 0 Å². The van der Waals surface area contributed by atoms with Crippen LogP contribution >= 0.6 is 0 Å². The van der Waals surface area contributed by atoms with Crippen molar-refractivity contribution in [1.29, 1.82) is 0 Å². The highest BCUT2D eigenvalue weighted by Gasteiger charge is 2.29. The molecule has 1 amide bonds. The molecule has 3 aromatic heterocycles. The average Bonchev–Trinajstić information content (AvgIpc) is 3.42. The van der Waals surface area contributed by atoms with Crippen LogP contribution in [0.1, 0.15) is 18.4 Å². The lowest BCUT2D eigenvalue weighted by Gasteiger charge is -2.09. The van der Waals surface area contributed by atoms with E-state index in [1.54, 1.807) is 25.3 Å². The third-order valence-corrected chi connectivity index (χ3v) is 4.38. The average molecular weight is 338 g/mol. The molecule has 0 atom stereocenters. The maximum Gasteiger partial charge on any atom is 0.228 e. The molecule has 0 unspecified atom stereocenters. The molecule has 126 valence electrons. The number of halogens is 1. The quantitative estimate of drug-likeness (QED) is 0.588. The predicted octanol–water partition coefficient (Wildman–Crippen LogP) is 2.73. The number of rotatable bonds is 3. The van der Waals surface area contributed by atoms with Crippen LogP contribution in [-0.4, -0.2) is 15.9 Å². The van der Waals surface area contributed by atoms with E-state index in [0.717, 1.165) is 24.4 Å². The monoisotopic (exact) mass is 338 g/mol. The molecule has 7 heteroatoms. The standard InChI is InChI=1S/C18H15FN4O2/c1-10-14(7-20-8-15(10)19)16-4-12-6-21-17(5-13(12)9-23(16)25)22-18(24)11-2-3-11/h4-9,11H,2-3H2,1H3,(H,21,22,24). The Hall–Kier alpha value is -3.09. The Bertz CT molecular complexity index is 1000. The van der Waals surface area contributed by atoms with Crippen molar-refractivity contribution >= 4 is 22.5 Å². The van der Waals surface area contributed by atoms with Crippen molar-refractivity contribution in [2.45, 2.75) is 19.8 Å². The number of aromatic nitrogens is 3. The number of fused-ring (bicyclic) bond motifs is 1. The second-order valence-electron chi connectivity index (χ2n) is 6.24. The number of nitrogens with one attached hydrogen (secondary N) is 1. The minimum Gasteiger partial charge on any atom is -0.618 e. The summed E-state index contributed by atoms with van der Waals surface area (Å²) in [5, 5.41) is 16.5. The molecule has 1 fully saturated rings. The summed E-state index contributed by atoms with van der Waals surface area (Å²) in [6, 6.07) is 3.30. The zero-order chi connectivity index (χ0) is 17.6. The Morgan fingerprint density at radius 1 is 1.28 bits per heavy atom. The van der Waals surface area contributed by atoms with Crippen molar-refractivity contribution in [2.24, 2.45) is 5.92 Å². The molecule has 1 aliphatic carbocycles. The molecule has 3 aromatic rings. The van der Waals surface area contributed by atoms with Gasteiger partial charge in [0, 0.05) is 35.3 Å². The van der Waals surface area contributed by atoms with Gasteiger partial charge in [-0.05, 0) is 25.8 Å². The molecule has 1 saturated carbocycles. The zero-order valence-corrected chi connectivity index (χ0v) is 13.5. The number of hydrogen-bond acceptors (Lipinski definition) is 4. The van der Waals surface area contributed by atoms with E-state index in [-0.39, 0.29) is 11.8 Å². The molecule has 0 aromatic carbocycles. The summed E-state index contributed by atoms with van der Waals surface area (Å²) in [4.78, 5) is 19.9. The number of anilines is 1. The van der Waals surface area contributed by atoms with E-state index < -0.39 is 5.82 Å². The third kappa shape index (κ3) is 2.88. The van der Waals surface area contributed by atoms with Gasteiger partial charge in [0.2, 0.25) is 11.6 Å². The van der Waals surface area contributed by atoms with Crippen molar-refractivity contribution in [3.8, 4) is 11.3 Å². The SMILES string of the molecule is Cc1c(F)cncc1-c1cc2cnc(NC(=O)C3CC3)cc2c[n+]1[O-]. The van der Waals surface area contributed by atoms with Crippen molar-refractivity contribution in [2.75, 3.05) is 5.32 Å². The van der Waals surface area contributed by atoms with Gasteiger partial charge in [-0.25, -0.2) is 9.37 Å². The molecule has 1 aliphatic rings. The first kappa shape index (κ1) is 15.4. The number of carbonyl (C=O) groups is 1. The molecular formula is C18H15FN4O2. The van der Waals surface area contributed by atoms with Gasteiger partial charge in [-0.3, -0.25) is 9.78 Å². The fourth-order valence-corrected chi connectivity index (χ4v) is 2.72. The number of nitrogens with zero attached hydrogens (tertiary/aromatic N) is 3. The predicted molar refractivity (Wildman–Crippen MR) is 90.0 cm³/mol. The van der Waals surface area contributed by atoms with Crippen LogP contribution in [0, 0.1) is 23.9 Å². The molecule has 25 heavy (non-hydrogen) atoms. The summed E-state index contributed by atoms with van der Waals surface area (Å²) in [5.74, 6) is -0.0117. The van der Waals surface area contributed by atoms with Gasteiger partial charge in [-0.1, -0.05) is 0 Å².